The van der Waals surface area contributed by atoms with Crippen LogP contribution in [0.2, 0.25) is 0 Å². The van der Waals surface area contributed by atoms with E-state index in [1.807, 2.05) is 0 Å². The van der Waals surface area contributed by atoms with Crippen molar-refractivity contribution in [1.82, 2.24) is 0 Å². The first-order chi connectivity index (χ1) is 7.79. The summed E-state index contributed by atoms with van der Waals surface area (Å²) in [6.45, 7) is 1.76. The highest BCUT2D eigenvalue weighted by Crippen LogP contribution is 2.26. The fraction of sp³-hybridized carbons (Fsp3) is 0.500. The van der Waals surface area contributed by atoms with Gasteiger partial charge in [0, 0.05) is 12.5 Å². The van der Waals surface area contributed by atoms with Gasteiger partial charge in [0.15, 0.2) is 0 Å². The number of hydrogen-bond donors (Lipinski definition) is 1. The summed E-state index contributed by atoms with van der Waals surface area (Å²) < 4.78 is 48.8. The molecule has 1 aromatic rings. The Labute approximate surface area is 97.6 Å². The number of aryl methyl sites for hydroxylation is 1. The van der Waals surface area contributed by atoms with E-state index in [0.29, 0.717) is 5.56 Å². The van der Waals surface area contributed by atoms with Crippen LogP contribution in [0.25, 0.3) is 0 Å². The van der Waals surface area contributed by atoms with Crippen LogP contribution in [0.15, 0.2) is 18.2 Å². The van der Waals surface area contributed by atoms with Gasteiger partial charge in [0.25, 0.3) is 0 Å². The fourth-order valence-electron chi connectivity index (χ4n) is 1.69. The Balaban J connectivity index is 2.58. The van der Waals surface area contributed by atoms with Gasteiger partial charge in [-0.25, -0.2) is 4.39 Å². The molecule has 0 aliphatic rings. The molecule has 1 aromatic carbocycles. The minimum Gasteiger partial charge on any atom is -0.324 e. The molecule has 0 bridgehead atoms. The summed E-state index contributed by atoms with van der Waals surface area (Å²) in [5.41, 5.74) is 7.13. The average Bonchev–Trinajstić information content (AvgIpc) is 2.19. The molecule has 0 fully saturated rings. The quantitative estimate of drug-likeness (QED) is 0.805. The molecule has 1 atom stereocenters. The Morgan fingerprint density at radius 3 is 2.53 bits per heavy atom. The SMILES string of the molecule is Cc1ccc(F)cc1C(N)CCCC(F)(F)F. The van der Waals surface area contributed by atoms with Crippen LogP contribution >= 0.6 is 0 Å². The molecule has 5 heteroatoms. The Morgan fingerprint density at radius 2 is 1.94 bits per heavy atom. The molecule has 0 saturated heterocycles. The van der Waals surface area contributed by atoms with Gasteiger partial charge in [-0.3, -0.25) is 0 Å². The van der Waals surface area contributed by atoms with E-state index < -0.39 is 24.5 Å². The molecule has 0 saturated carbocycles. The van der Waals surface area contributed by atoms with Crippen LogP contribution in [-0.2, 0) is 0 Å². The van der Waals surface area contributed by atoms with Gasteiger partial charge in [-0.2, -0.15) is 13.2 Å². The van der Waals surface area contributed by atoms with Gasteiger partial charge in [0.05, 0.1) is 0 Å². The number of halogens is 4. The number of alkyl halides is 3. The van der Waals surface area contributed by atoms with Gasteiger partial charge in [0.1, 0.15) is 5.82 Å². The molecule has 0 aliphatic heterocycles. The molecule has 0 amide bonds. The molecular formula is C12H15F4N. The van der Waals surface area contributed by atoms with Crippen molar-refractivity contribution < 1.29 is 17.6 Å². The third kappa shape index (κ3) is 4.73. The van der Waals surface area contributed by atoms with Crippen LogP contribution in [0.4, 0.5) is 17.6 Å². The number of nitrogens with two attached hydrogens (primary N) is 1. The van der Waals surface area contributed by atoms with Crippen molar-refractivity contribution in [2.45, 2.75) is 38.4 Å². The van der Waals surface area contributed by atoms with E-state index in [4.69, 9.17) is 5.73 Å². The maximum absolute atomic E-state index is 13.0. The summed E-state index contributed by atoms with van der Waals surface area (Å²) in [4.78, 5) is 0. The predicted octanol–water partition coefficient (Wildman–Crippen LogP) is 3.87. The Morgan fingerprint density at radius 1 is 1.29 bits per heavy atom. The maximum atomic E-state index is 13.0. The highest BCUT2D eigenvalue weighted by molar-refractivity contribution is 5.29. The second kappa shape index (κ2) is 5.49. The normalized spacial score (nSPS) is 13.8. The van der Waals surface area contributed by atoms with Crippen LogP contribution in [-0.4, -0.2) is 6.18 Å². The van der Waals surface area contributed by atoms with Crippen molar-refractivity contribution in [1.29, 1.82) is 0 Å². The number of benzene rings is 1. The molecule has 0 aliphatic carbocycles. The second-order valence-corrected chi connectivity index (χ2v) is 4.11. The predicted molar refractivity (Wildman–Crippen MR) is 58.0 cm³/mol. The first-order valence-corrected chi connectivity index (χ1v) is 5.38. The van der Waals surface area contributed by atoms with E-state index in [2.05, 4.69) is 0 Å². The molecule has 0 radical (unpaired) electrons. The largest absolute Gasteiger partial charge is 0.389 e. The molecule has 0 heterocycles. The minimum atomic E-state index is -4.16. The highest BCUT2D eigenvalue weighted by atomic mass is 19.4. The first kappa shape index (κ1) is 14.0. The Kier molecular flexibility index (Phi) is 4.51. The zero-order valence-electron chi connectivity index (χ0n) is 9.52. The molecular weight excluding hydrogens is 234 g/mol. The smallest absolute Gasteiger partial charge is 0.324 e. The third-order valence-corrected chi connectivity index (χ3v) is 2.62. The Bertz CT molecular complexity index is 373. The van der Waals surface area contributed by atoms with Gasteiger partial charge in [-0.1, -0.05) is 6.07 Å². The Hall–Kier alpha value is -1.10. The van der Waals surface area contributed by atoms with Crippen molar-refractivity contribution >= 4 is 0 Å². The van der Waals surface area contributed by atoms with Crippen molar-refractivity contribution in [3.05, 3.63) is 35.1 Å². The lowest BCUT2D eigenvalue weighted by atomic mass is 9.97. The topological polar surface area (TPSA) is 26.0 Å². The molecule has 0 aromatic heterocycles. The summed E-state index contributed by atoms with van der Waals surface area (Å²) in [7, 11) is 0. The third-order valence-electron chi connectivity index (χ3n) is 2.62. The van der Waals surface area contributed by atoms with E-state index in [1.165, 1.54) is 12.1 Å². The number of rotatable bonds is 4. The van der Waals surface area contributed by atoms with Gasteiger partial charge in [-0.15, -0.1) is 0 Å². The zero-order valence-corrected chi connectivity index (χ0v) is 9.52. The summed E-state index contributed by atoms with van der Waals surface area (Å²) in [6, 6.07) is 3.62. The summed E-state index contributed by atoms with van der Waals surface area (Å²) in [5, 5.41) is 0. The summed E-state index contributed by atoms with van der Waals surface area (Å²) in [5.74, 6) is -0.420. The lowest BCUT2D eigenvalue weighted by Gasteiger charge is -2.15. The van der Waals surface area contributed by atoms with Crippen LogP contribution in [0.1, 0.15) is 36.4 Å². The minimum absolute atomic E-state index is 0.0411. The zero-order chi connectivity index (χ0) is 13.1. The molecule has 2 N–H and O–H groups in total. The van der Waals surface area contributed by atoms with E-state index >= 15 is 0 Å². The van der Waals surface area contributed by atoms with Gasteiger partial charge in [0.2, 0.25) is 0 Å². The van der Waals surface area contributed by atoms with Crippen LogP contribution in [0, 0.1) is 12.7 Å². The van der Waals surface area contributed by atoms with Gasteiger partial charge >= 0.3 is 6.18 Å². The van der Waals surface area contributed by atoms with Crippen molar-refractivity contribution in [3.63, 3.8) is 0 Å². The first-order valence-electron chi connectivity index (χ1n) is 5.38. The van der Waals surface area contributed by atoms with E-state index in [9.17, 15) is 17.6 Å². The summed E-state index contributed by atoms with van der Waals surface area (Å²) >= 11 is 0. The lowest BCUT2D eigenvalue weighted by molar-refractivity contribution is -0.135. The van der Waals surface area contributed by atoms with E-state index in [0.717, 1.165) is 5.56 Å². The van der Waals surface area contributed by atoms with Gasteiger partial charge < -0.3 is 5.73 Å². The molecule has 1 nitrogen and oxygen atoms in total. The standard InChI is InChI=1S/C12H15F4N/c1-8-4-5-9(13)7-10(8)11(17)3-2-6-12(14,15)16/h4-5,7,11H,2-3,6,17H2,1H3. The lowest BCUT2D eigenvalue weighted by Crippen LogP contribution is -2.14. The fourth-order valence-corrected chi connectivity index (χ4v) is 1.69. The highest BCUT2D eigenvalue weighted by Gasteiger charge is 2.26. The van der Waals surface area contributed by atoms with Crippen molar-refractivity contribution in [2.24, 2.45) is 5.73 Å². The van der Waals surface area contributed by atoms with Gasteiger partial charge in [-0.05, 0) is 43.0 Å². The maximum Gasteiger partial charge on any atom is 0.389 e. The average molecular weight is 249 g/mol. The van der Waals surface area contributed by atoms with Crippen molar-refractivity contribution in [2.75, 3.05) is 0 Å². The van der Waals surface area contributed by atoms with Crippen LogP contribution in [0.3, 0.4) is 0 Å². The monoisotopic (exact) mass is 249 g/mol. The second-order valence-electron chi connectivity index (χ2n) is 4.11. The number of hydrogen-bond acceptors (Lipinski definition) is 1. The van der Waals surface area contributed by atoms with E-state index in [1.54, 1.807) is 13.0 Å². The molecule has 96 valence electrons. The molecule has 1 rings (SSSR count). The summed E-state index contributed by atoms with van der Waals surface area (Å²) in [6.07, 6.45) is -4.85. The van der Waals surface area contributed by atoms with Crippen molar-refractivity contribution in [3.8, 4) is 0 Å². The molecule has 0 spiro atoms. The van der Waals surface area contributed by atoms with Crippen LogP contribution < -0.4 is 5.73 Å². The molecule has 1 unspecified atom stereocenters. The van der Waals surface area contributed by atoms with E-state index in [-0.39, 0.29) is 12.8 Å². The van der Waals surface area contributed by atoms with Crippen LogP contribution in [0.5, 0.6) is 0 Å². The molecule has 17 heavy (non-hydrogen) atoms.